The van der Waals surface area contributed by atoms with Gasteiger partial charge in [-0.1, -0.05) is 36.4 Å². The Morgan fingerprint density at radius 1 is 0.938 bits per heavy atom. The molecule has 0 aliphatic carbocycles. The third kappa shape index (κ3) is 23.0. The zero-order valence-electron chi connectivity index (χ0n) is 9.71. The minimum absolute atomic E-state index is 0.167. The predicted octanol–water partition coefficient (Wildman–Crippen LogP) is 0.614. The van der Waals surface area contributed by atoms with Gasteiger partial charge in [-0.05, 0) is 13.8 Å². The summed E-state index contributed by atoms with van der Waals surface area (Å²) in [5.74, 6) is 0.167. The maximum atomic E-state index is 9.44. The van der Waals surface area contributed by atoms with Crippen molar-refractivity contribution in [1.29, 1.82) is 0 Å². The van der Waals surface area contributed by atoms with Crippen molar-refractivity contribution in [3.8, 4) is 0 Å². The van der Waals surface area contributed by atoms with E-state index in [2.05, 4.69) is 0 Å². The highest BCUT2D eigenvalue weighted by Gasteiger charge is 1.93. The molecular formula is C12H20O4. The number of aliphatic hydroxyl groups is 3. The van der Waals surface area contributed by atoms with Crippen LogP contribution in [0.4, 0.5) is 0 Å². The number of rotatable bonds is 2. The molecule has 1 rings (SSSR count). The fraction of sp³-hybridized carbons (Fsp3) is 0.417. The van der Waals surface area contributed by atoms with Gasteiger partial charge in [-0.2, -0.15) is 0 Å². The van der Waals surface area contributed by atoms with Gasteiger partial charge >= 0.3 is 0 Å². The molecule has 0 aliphatic rings. The molecular weight excluding hydrogens is 208 g/mol. The van der Waals surface area contributed by atoms with Gasteiger partial charge in [-0.15, -0.1) is 0 Å². The number of hydrogen-bond donors (Lipinski definition) is 3. The van der Waals surface area contributed by atoms with Crippen molar-refractivity contribution in [2.24, 2.45) is 0 Å². The summed E-state index contributed by atoms with van der Waals surface area (Å²) in [5, 5.41) is 24.0. The van der Waals surface area contributed by atoms with E-state index in [9.17, 15) is 4.79 Å². The Morgan fingerprint density at radius 2 is 1.12 bits per heavy atom. The van der Waals surface area contributed by atoms with Gasteiger partial charge in [0.05, 0.1) is 13.2 Å². The van der Waals surface area contributed by atoms with Crippen LogP contribution in [-0.4, -0.2) is 40.4 Å². The van der Waals surface area contributed by atoms with Crippen molar-refractivity contribution in [3.63, 3.8) is 0 Å². The summed E-state index contributed by atoms with van der Waals surface area (Å²) in [6.45, 7) is 2.33. The van der Waals surface area contributed by atoms with Crippen molar-refractivity contribution in [3.05, 3.63) is 36.4 Å². The van der Waals surface area contributed by atoms with Crippen LogP contribution in [0.2, 0.25) is 0 Å². The van der Waals surface area contributed by atoms with E-state index in [1.165, 1.54) is 13.8 Å². The topological polar surface area (TPSA) is 77.8 Å². The van der Waals surface area contributed by atoms with Crippen LogP contribution in [0.25, 0.3) is 0 Å². The zero-order valence-corrected chi connectivity index (χ0v) is 9.71. The number of carbonyl (C=O) groups is 1. The smallest absolute Gasteiger partial charge is 0.126 e. The Balaban J connectivity index is 0. The Kier molecular flexibility index (Phi) is 14.8. The number of aliphatic hydroxyl groups excluding tert-OH is 3. The number of benzene rings is 1. The number of hydrogen-bond acceptors (Lipinski definition) is 4. The van der Waals surface area contributed by atoms with Gasteiger partial charge in [-0.25, -0.2) is 0 Å². The van der Waals surface area contributed by atoms with Crippen LogP contribution in [-0.2, 0) is 4.79 Å². The molecule has 0 radical (unpaired) electrons. The highest BCUT2D eigenvalue weighted by atomic mass is 16.3. The molecule has 0 saturated heterocycles. The lowest BCUT2D eigenvalue weighted by atomic mass is 10.4. The molecule has 1 aromatic rings. The Morgan fingerprint density at radius 3 is 1.19 bits per heavy atom. The summed E-state index contributed by atoms with van der Waals surface area (Å²) in [6.07, 6.45) is -0.954. The summed E-state index contributed by atoms with van der Waals surface area (Å²) in [4.78, 5) is 9.44. The van der Waals surface area contributed by atoms with E-state index < -0.39 is 6.10 Å². The molecule has 4 heteroatoms. The first-order chi connectivity index (χ1) is 7.54. The lowest BCUT2D eigenvalue weighted by Gasteiger charge is -1.96. The van der Waals surface area contributed by atoms with Crippen LogP contribution in [0.5, 0.6) is 0 Å². The van der Waals surface area contributed by atoms with Gasteiger partial charge in [0.15, 0.2) is 0 Å². The average Bonchev–Trinajstić information content (AvgIpc) is 2.30. The van der Waals surface area contributed by atoms with Gasteiger partial charge in [0, 0.05) is 0 Å². The molecule has 0 saturated carbocycles. The molecule has 0 unspecified atom stereocenters. The number of ketones is 1. The highest BCUT2D eigenvalue weighted by molar-refractivity contribution is 5.72. The molecule has 0 heterocycles. The number of carbonyl (C=O) groups excluding carboxylic acids is 1. The lowest BCUT2D eigenvalue weighted by Crippen LogP contribution is -2.15. The monoisotopic (exact) mass is 228 g/mol. The van der Waals surface area contributed by atoms with Crippen molar-refractivity contribution in [1.82, 2.24) is 0 Å². The maximum Gasteiger partial charge on any atom is 0.126 e. The minimum Gasteiger partial charge on any atom is -0.394 e. The summed E-state index contributed by atoms with van der Waals surface area (Å²) in [7, 11) is 0. The second-order valence-corrected chi connectivity index (χ2v) is 3.08. The van der Waals surface area contributed by atoms with E-state index in [0.29, 0.717) is 0 Å². The Labute approximate surface area is 96.2 Å². The molecule has 3 N–H and O–H groups in total. The van der Waals surface area contributed by atoms with Gasteiger partial charge in [0.1, 0.15) is 11.9 Å². The van der Waals surface area contributed by atoms with Crippen LogP contribution < -0.4 is 0 Å². The van der Waals surface area contributed by atoms with Gasteiger partial charge in [0.25, 0.3) is 0 Å². The quantitative estimate of drug-likeness (QED) is 0.693. The summed E-state index contributed by atoms with van der Waals surface area (Å²) in [5.41, 5.74) is 0. The first-order valence-corrected chi connectivity index (χ1v) is 4.91. The van der Waals surface area contributed by atoms with E-state index in [-0.39, 0.29) is 19.0 Å². The molecule has 0 bridgehead atoms. The Hall–Kier alpha value is -1.23. The molecule has 1 aromatic carbocycles. The van der Waals surface area contributed by atoms with Crippen molar-refractivity contribution < 1.29 is 20.1 Å². The molecule has 0 amide bonds. The first kappa shape index (κ1) is 17.2. The van der Waals surface area contributed by atoms with E-state index >= 15 is 0 Å². The second-order valence-electron chi connectivity index (χ2n) is 3.08. The van der Waals surface area contributed by atoms with Gasteiger partial charge in [0.2, 0.25) is 0 Å². The third-order valence-corrected chi connectivity index (χ3v) is 1.09. The van der Waals surface area contributed by atoms with Gasteiger partial charge < -0.3 is 20.1 Å². The summed E-state index contributed by atoms with van der Waals surface area (Å²) in [6, 6.07) is 12.0. The zero-order chi connectivity index (χ0) is 12.8. The molecule has 0 atom stereocenters. The second kappa shape index (κ2) is 13.8. The fourth-order valence-corrected chi connectivity index (χ4v) is 0.443. The molecule has 0 aliphatic heterocycles. The average molecular weight is 228 g/mol. The summed E-state index contributed by atoms with van der Waals surface area (Å²) >= 11 is 0. The van der Waals surface area contributed by atoms with Crippen molar-refractivity contribution in [2.45, 2.75) is 20.0 Å². The molecule has 0 fully saturated rings. The third-order valence-electron chi connectivity index (χ3n) is 1.09. The van der Waals surface area contributed by atoms with Crippen LogP contribution in [0, 0.1) is 0 Å². The van der Waals surface area contributed by atoms with Crippen molar-refractivity contribution in [2.75, 3.05) is 13.2 Å². The van der Waals surface area contributed by atoms with E-state index in [0.717, 1.165) is 0 Å². The minimum atomic E-state index is -0.954. The normalized spacial score (nSPS) is 8.38. The van der Waals surface area contributed by atoms with Crippen LogP contribution in [0.3, 0.4) is 0 Å². The van der Waals surface area contributed by atoms with Crippen molar-refractivity contribution >= 4 is 5.78 Å². The standard InChI is InChI=1S/C6H6.C3H8O3.C3H6O/c1-2-4-6-5-3-1;4-1-3(6)2-5;1-3(2)4/h1-6H;3-6H,1-2H2;1-2H3. The largest absolute Gasteiger partial charge is 0.394 e. The molecule has 0 aromatic heterocycles. The lowest BCUT2D eigenvalue weighted by molar-refractivity contribution is -0.114. The molecule has 16 heavy (non-hydrogen) atoms. The van der Waals surface area contributed by atoms with Crippen LogP contribution >= 0.6 is 0 Å². The van der Waals surface area contributed by atoms with Gasteiger partial charge in [-0.3, -0.25) is 0 Å². The highest BCUT2D eigenvalue weighted by Crippen LogP contribution is 1.79. The number of Topliss-reactive ketones (excluding diaryl/α,β-unsaturated/α-hetero) is 1. The summed E-state index contributed by atoms with van der Waals surface area (Å²) < 4.78 is 0. The van der Waals surface area contributed by atoms with Crippen LogP contribution in [0.15, 0.2) is 36.4 Å². The van der Waals surface area contributed by atoms with E-state index in [4.69, 9.17) is 15.3 Å². The molecule has 4 nitrogen and oxygen atoms in total. The predicted molar refractivity (Wildman–Crippen MR) is 63.0 cm³/mol. The van der Waals surface area contributed by atoms with E-state index in [1.807, 2.05) is 36.4 Å². The Bertz CT molecular complexity index is 201. The fourth-order valence-electron chi connectivity index (χ4n) is 0.443. The SMILES string of the molecule is CC(C)=O.OCC(O)CO.c1ccccc1. The van der Waals surface area contributed by atoms with Crippen LogP contribution in [0.1, 0.15) is 13.8 Å². The first-order valence-electron chi connectivity index (χ1n) is 4.91. The van der Waals surface area contributed by atoms with E-state index in [1.54, 1.807) is 0 Å². The maximum absolute atomic E-state index is 9.44. The molecule has 92 valence electrons. The molecule has 0 spiro atoms.